The number of fused-ring (bicyclic) bond motifs is 1. The van der Waals surface area contributed by atoms with Crippen molar-refractivity contribution in [3.05, 3.63) is 36.2 Å². The van der Waals surface area contributed by atoms with Gasteiger partial charge in [0.2, 0.25) is 11.8 Å². The third-order valence-electron chi connectivity index (χ3n) is 8.24. The fraction of sp³-hybridized carbons (Fsp3) is 0.667. The maximum Gasteiger partial charge on any atom is 0.410 e. The van der Waals surface area contributed by atoms with Crippen LogP contribution in [-0.2, 0) is 43.4 Å². The molecule has 2 amide bonds. The van der Waals surface area contributed by atoms with Crippen LogP contribution in [0.2, 0.25) is 0 Å². The fourth-order valence-corrected chi connectivity index (χ4v) is 5.78. The van der Waals surface area contributed by atoms with Gasteiger partial charge in [-0.1, -0.05) is 6.07 Å². The first-order chi connectivity index (χ1) is 23.0. The highest BCUT2D eigenvalue weighted by molar-refractivity contribution is 5.80. The number of aliphatic hydroxyl groups is 1. The maximum atomic E-state index is 13.0. The molecule has 0 spiro atoms. The molecule has 0 bridgehead atoms. The molecule has 3 heterocycles. The molecule has 0 saturated carbocycles. The van der Waals surface area contributed by atoms with Crippen LogP contribution in [0.15, 0.2) is 30.6 Å². The number of alkyl carbamates (subject to hydrolysis) is 1. The van der Waals surface area contributed by atoms with Gasteiger partial charge in [-0.2, -0.15) is 4.68 Å². The topological polar surface area (TPSA) is 168 Å². The first-order valence-electron chi connectivity index (χ1n) is 17.2. The molecule has 1 unspecified atom stereocenters. The van der Waals surface area contributed by atoms with Crippen LogP contribution < -0.4 is 20.6 Å². The molecule has 4 N–H and O–H groups in total. The van der Waals surface area contributed by atoms with E-state index in [9.17, 15) is 19.5 Å². The maximum absolute atomic E-state index is 13.0. The van der Waals surface area contributed by atoms with Gasteiger partial charge in [0.1, 0.15) is 34.8 Å². The minimum absolute atomic E-state index is 0.00432. The van der Waals surface area contributed by atoms with Crippen LogP contribution in [0.1, 0.15) is 81.2 Å². The molecule has 14 nitrogen and oxygen atoms in total. The minimum Gasteiger partial charge on any atom is -0.486 e. The third kappa shape index (κ3) is 10.3. The zero-order valence-electron chi connectivity index (χ0n) is 31.2. The molecule has 2 aliphatic rings. The zero-order chi connectivity index (χ0) is 37.2. The molecule has 278 valence electrons. The van der Waals surface area contributed by atoms with Gasteiger partial charge < -0.3 is 34.3 Å². The molecule has 4 rings (SSSR count). The van der Waals surface area contributed by atoms with E-state index in [-0.39, 0.29) is 25.1 Å². The second-order valence-corrected chi connectivity index (χ2v) is 16.4. The van der Waals surface area contributed by atoms with E-state index >= 15 is 0 Å². The summed E-state index contributed by atoms with van der Waals surface area (Å²) < 4.78 is 26.6. The van der Waals surface area contributed by atoms with Gasteiger partial charge in [0, 0.05) is 19.0 Å². The number of aromatic nitrogens is 2. The Morgan fingerprint density at radius 3 is 2.22 bits per heavy atom. The lowest BCUT2D eigenvalue weighted by molar-refractivity contribution is -0.780. The first-order valence-corrected chi connectivity index (χ1v) is 17.2. The molecule has 2 aromatic rings. The normalized spacial score (nSPS) is 18.6. The average molecular weight is 703 g/mol. The number of benzene rings is 1. The second kappa shape index (κ2) is 14.8. The van der Waals surface area contributed by atoms with Gasteiger partial charge in [-0.3, -0.25) is 4.84 Å². The fourth-order valence-electron chi connectivity index (χ4n) is 5.78. The predicted octanol–water partition coefficient (Wildman–Crippen LogP) is 3.88. The summed E-state index contributed by atoms with van der Waals surface area (Å²) in [7, 11) is 0. The van der Waals surface area contributed by atoms with E-state index in [4.69, 9.17) is 29.7 Å². The Morgan fingerprint density at radius 1 is 0.980 bits per heavy atom. The van der Waals surface area contributed by atoms with Crippen molar-refractivity contribution in [1.82, 2.24) is 14.9 Å². The zero-order valence-corrected chi connectivity index (χ0v) is 31.2. The summed E-state index contributed by atoms with van der Waals surface area (Å²) in [5, 5.41) is 13.5. The van der Waals surface area contributed by atoms with Crippen LogP contribution in [-0.4, -0.2) is 87.1 Å². The van der Waals surface area contributed by atoms with Crippen molar-refractivity contribution in [2.24, 2.45) is 11.8 Å². The van der Waals surface area contributed by atoms with Gasteiger partial charge >= 0.3 is 18.2 Å². The molecule has 1 aromatic heterocycles. The number of aryl methyl sites for hydroxylation is 1. The summed E-state index contributed by atoms with van der Waals surface area (Å²) in [6.45, 7) is 19.7. The number of likely N-dealkylation sites (tertiary alicyclic amines) is 1. The highest BCUT2D eigenvalue weighted by Crippen LogP contribution is 2.36. The van der Waals surface area contributed by atoms with Crippen LogP contribution in [0, 0.1) is 5.92 Å². The van der Waals surface area contributed by atoms with Crippen molar-refractivity contribution in [1.29, 1.82) is 0 Å². The van der Waals surface area contributed by atoms with E-state index in [1.165, 1.54) is 0 Å². The van der Waals surface area contributed by atoms with Gasteiger partial charge in [0.05, 0.1) is 24.8 Å². The number of esters is 1. The first kappa shape index (κ1) is 38.9. The summed E-state index contributed by atoms with van der Waals surface area (Å²) in [6, 6.07) is 5.86. The Kier molecular flexibility index (Phi) is 11.5. The summed E-state index contributed by atoms with van der Waals surface area (Å²) in [5.74, 6) is 5.85. The highest BCUT2D eigenvalue weighted by Gasteiger charge is 2.48. The van der Waals surface area contributed by atoms with Crippen molar-refractivity contribution < 1.29 is 48.0 Å². The lowest BCUT2D eigenvalue weighted by Crippen LogP contribution is -2.56. The van der Waals surface area contributed by atoms with Crippen molar-refractivity contribution in [3.63, 3.8) is 0 Å². The molecule has 1 saturated heterocycles. The SMILES string of the molecule is CC(C)(C)OC(=O)NC[C@H](O)C[n+]1cc(-c2ccc3c(c2)CC[C@H](C(C)(ON)C(=O)OC(C)(C)C)O3)cn1CC1CN(C(=O)OC(C)(C)C)C1. The number of hydrogen-bond acceptors (Lipinski definition) is 10. The number of ether oxygens (including phenoxy) is 4. The van der Waals surface area contributed by atoms with Gasteiger partial charge in [-0.25, -0.2) is 20.3 Å². The number of carbonyl (C=O) groups excluding carboxylic acids is 3. The molecule has 1 fully saturated rings. The van der Waals surface area contributed by atoms with Gasteiger partial charge in [-0.05, 0) is 105 Å². The van der Waals surface area contributed by atoms with Crippen LogP contribution in [0.25, 0.3) is 11.1 Å². The summed E-state index contributed by atoms with van der Waals surface area (Å²) in [5.41, 5.74) is -0.613. The van der Waals surface area contributed by atoms with Crippen LogP contribution in [0.4, 0.5) is 9.59 Å². The van der Waals surface area contributed by atoms with Crippen molar-refractivity contribution >= 4 is 18.2 Å². The number of hydrogen-bond donors (Lipinski definition) is 3. The molecule has 50 heavy (non-hydrogen) atoms. The Labute approximate surface area is 295 Å². The van der Waals surface area contributed by atoms with Gasteiger partial charge in [0.25, 0.3) is 0 Å². The van der Waals surface area contributed by atoms with Gasteiger partial charge in [-0.15, -0.1) is 4.68 Å². The van der Waals surface area contributed by atoms with E-state index in [0.717, 1.165) is 16.7 Å². The lowest BCUT2D eigenvalue weighted by Gasteiger charge is -2.39. The largest absolute Gasteiger partial charge is 0.486 e. The van der Waals surface area contributed by atoms with Crippen molar-refractivity contribution in [2.45, 2.75) is 130 Å². The number of nitrogens with zero attached hydrogens (tertiary/aromatic N) is 3. The van der Waals surface area contributed by atoms with Crippen LogP contribution in [0.3, 0.4) is 0 Å². The van der Waals surface area contributed by atoms with Crippen molar-refractivity contribution in [3.8, 4) is 16.9 Å². The second-order valence-electron chi connectivity index (χ2n) is 16.4. The third-order valence-corrected chi connectivity index (χ3v) is 8.24. The van der Waals surface area contributed by atoms with E-state index < -0.39 is 46.7 Å². The Bertz CT molecular complexity index is 1510. The molecular formula is C36H56N5O9+. The number of nitrogens with one attached hydrogen (secondary N) is 1. The van der Waals surface area contributed by atoms with Crippen LogP contribution in [0.5, 0.6) is 5.75 Å². The molecule has 14 heteroatoms. The molecule has 2 aliphatic heterocycles. The lowest BCUT2D eigenvalue weighted by atomic mass is 9.89. The number of rotatable bonds is 10. The molecule has 3 atom stereocenters. The van der Waals surface area contributed by atoms with Gasteiger partial charge in [0.15, 0.2) is 6.54 Å². The molecular weight excluding hydrogens is 646 g/mol. The number of aliphatic hydroxyl groups excluding tert-OH is 1. The Balaban J connectivity index is 1.51. The summed E-state index contributed by atoms with van der Waals surface area (Å²) in [6.07, 6.45) is 2.59. The van der Waals surface area contributed by atoms with E-state index in [0.29, 0.717) is 38.2 Å². The standard InChI is InChI=1S/C36H55N5O9/c1-33(2,3)47-30(43)36(10,50-37)29-14-12-25-15-24(11-13-28(25)46-29)26-20-40(19-23-17-39(18-23)32(45)49-35(7,8)9)41(21-26)22-27(42)16-38-31(44)48-34(4,5)6/h11,13,15,20-21,23,27,29,42H,12,14,16-19,22,37H2,1-10H3/p+1/t27-,29+,36?/m0/s1. The quantitative estimate of drug-likeness (QED) is 0.143. The molecule has 0 radical (unpaired) electrons. The monoisotopic (exact) mass is 702 g/mol. The summed E-state index contributed by atoms with van der Waals surface area (Å²) in [4.78, 5) is 44.6. The van der Waals surface area contributed by atoms with Crippen molar-refractivity contribution in [2.75, 3.05) is 19.6 Å². The highest BCUT2D eigenvalue weighted by atomic mass is 16.7. The van der Waals surface area contributed by atoms with E-state index in [1.54, 1.807) is 53.4 Å². The average Bonchev–Trinajstić information content (AvgIpc) is 3.35. The number of nitrogens with two attached hydrogens (primary N) is 1. The van der Waals surface area contributed by atoms with E-state index in [2.05, 4.69) is 11.4 Å². The predicted molar refractivity (Wildman–Crippen MR) is 184 cm³/mol. The van der Waals surface area contributed by atoms with Crippen LogP contribution >= 0.6 is 0 Å². The smallest absolute Gasteiger partial charge is 0.410 e. The molecule has 1 aromatic carbocycles. The minimum atomic E-state index is -1.49. The summed E-state index contributed by atoms with van der Waals surface area (Å²) >= 11 is 0. The molecule has 0 aliphatic carbocycles. The number of carbonyl (C=O) groups is 3. The van der Waals surface area contributed by atoms with E-state index in [1.807, 2.05) is 54.7 Å². The number of amides is 2. The Hall–Kier alpha value is -3.88. The Morgan fingerprint density at radius 2 is 1.62 bits per heavy atom.